The second-order valence-electron chi connectivity index (χ2n) is 3.68. The molecule has 0 radical (unpaired) electrons. The van der Waals surface area contributed by atoms with Crippen molar-refractivity contribution in [2.45, 2.75) is 12.5 Å². The number of halogens is 1. The minimum Gasteiger partial charge on any atom is -0.334 e. The van der Waals surface area contributed by atoms with E-state index in [4.69, 9.17) is 5.73 Å². The highest BCUT2D eigenvalue weighted by Gasteiger charge is 2.31. The Hall–Kier alpha value is -1.42. The van der Waals surface area contributed by atoms with Crippen LogP contribution in [0.5, 0.6) is 0 Å². The fourth-order valence-electron chi connectivity index (χ4n) is 1.71. The van der Waals surface area contributed by atoms with Crippen LogP contribution in [0.15, 0.2) is 24.3 Å². The average Bonchev–Trinajstić information content (AvgIpc) is 2.17. The lowest BCUT2D eigenvalue weighted by molar-refractivity contribution is 0.0482. The second kappa shape index (κ2) is 3.98. The number of amides is 1. The van der Waals surface area contributed by atoms with Crippen molar-refractivity contribution in [1.29, 1.82) is 0 Å². The number of carbonyl (C=O) groups excluding carboxylic acids is 1. The first-order valence-corrected chi connectivity index (χ1v) is 4.99. The molecule has 2 N–H and O–H groups in total. The molecule has 3 nitrogen and oxygen atoms in total. The third kappa shape index (κ3) is 1.85. The number of rotatable bonds is 2. The van der Waals surface area contributed by atoms with E-state index >= 15 is 0 Å². The highest BCUT2D eigenvalue weighted by atomic mass is 19.1. The summed E-state index contributed by atoms with van der Waals surface area (Å²) in [5.41, 5.74) is 6.03. The topological polar surface area (TPSA) is 46.3 Å². The molecule has 0 saturated carbocycles. The lowest BCUT2D eigenvalue weighted by atomic mass is 10.0. The number of hydrogen-bond donors (Lipinski definition) is 1. The summed E-state index contributed by atoms with van der Waals surface area (Å²) in [6.07, 6.45) is 0.962. The van der Waals surface area contributed by atoms with Crippen LogP contribution in [0.1, 0.15) is 16.8 Å². The zero-order valence-electron chi connectivity index (χ0n) is 8.32. The van der Waals surface area contributed by atoms with Crippen molar-refractivity contribution in [3.05, 3.63) is 35.6 Å². The van der Waals surface area contributed by atoms with Gasteiger partial charge >= 0.3 is 0 Å². The number of likely N-dealkylation sites (tertiary alicyclic amines) is 1. The van der Waals surface area contributed by atoms with Crippen LogP contribution >= 0.6 is 0 Å². The van der Waals surface area contributed by atoms with Crippen LogP contribution in [0.3, 0.4) is 0 Å². The first-order valence-electron chi connectivity index (χ1n) is 4.99. The van der Waals surface area contributed by atoms with E-state index in [1.165, 1.54) is 24.3 Å². The van der Waals surface area contributed by atoms with E-state index in [1.54, 1.807) is 4.90 Å². The molecular formula is C11H13FN2O. The minimum absolute atomic E-state index is 0.0586. The van der Waals surface area contributed by atoms with Crippen LogP contribution in [0.4, 0.5) is 4.39 Å². The number of nitrogens with zero attached hydrogens (tertiary/aromatic N) is 1. The van der Waals surface area contributed by atoms with E-state index in [1.807, 2.05) is 0 Å². The number of hydrogen-bond acceptors (Lipinski definition) is 2. The summed E-state index contributed by atoms with van der Waals surface area (Å²) in [6.45, 7) is 1.24. The third-order valence-corrected chi connectivity index (χ3v) is 2.77. The number of nitrogens with two attached hydrogens (primary N) is 1. The van der Waals surface area contributed by atoms with Gasteiger partial charge in [0, 0.05) is 24.7 Å². The highest BCUT2D eigenvalue weighted by molar-refractivity contribution is 5.94. The molecule has 0 spiro atoms. The van der Waals surface area contributed by atoms with Gasteiger partial charge in [-0.1, -0.05) is 0 Å². The molecule has 1 aromatic carbocycles. The Kier molecular flexibility index (Phi) is 2.68. The Balaban J connectivity index is 2.11. The summed E-state index contributed by atoms with van der Waals surface area (Å²) >= 11 is 0. The standard InChI is InChI=1S/C11H13FN2O/c12-9-3-1-8(2-4-9)11(15)14-6-5-10(14)7-13/h1-4,10H,5-7,13H2. The van der Waals surface area contributed by atoms with Gasteiger partial charge in [-0.25, -0.2) is 4.39 Å². The van der Waals surface area contributed by atoms with Crippen molar-refractivity contribution in [1.82, 2.24) is 4.90 Å². The molecule has 1 heterocycles. The summed E-state index contributed by atoms with van der Waals surface area (Å²) in [6, 6.07) is 5.75. The van der Waals surface area contributed by atoms with E-state index in [-0.39, 0.29) is 17.8 Å². The van der Waals surface area contributed by atoms with Crippen LogP contribution < -0.4 is 5.73 Å². The Morgan fingerprint density at radius 2 is 2.13 bits per heavy atom. The molecule has 1 atom stereocenters. The lowest BCUT2D eigenvalue weighted by Crippen LogP contribution is -2.54. The van der Waals surface area contributed by atoms with Crippen LogP contribution in [-0.2, 0) is 0 Å². The average molecular weight is 208 g/mol. The molecule has 4 heteroatoms. The SMILES string of the molecule is NCC1CCN1C(=O)c1ccc(F)cc1. The Bertz CT molecular complexity index is 361. The maximum absolute atomic E-state index is 12.6. The number of carbonyl (C=O) groups is 1. The maximum Gasteiger partial charge on any atom is 0.254 e. The largest absolute Gasteiger partial charge is 0.334 e. The van der Waals surface area contributed by atoms with Gasteiger partial charge in [0.2, 0.25) is 0 Å². The zero-order chi connectivity index (χ0) is 10.8. The molecular weight excluding hydrogens is 195 g/mol. The van der Waals surface area contributed by atoms with Crippen molar-refractivity contribution in [3.8, 4) is 0 Å². The molecule has 1 aliphatic rings. The summed E-state index contributed by atoms with van der Waals surface area (Å²) in [5, 5.41) is 0. The molecule has 1 aliphatic heterocycles. The minimum atomic E-state index is -0.328. The van der Waals surface area contributed by atoms with Gasteiger partial charge < -0.3 is 10.6 Å². The molecule has 1 unspecified atom stereocenters. The van der Waals surface area contributed by atoms with Gasteiger partial charge in [0.1, 0.15) is 5.82 Å². The smallest absolute Gasteiger partial charge is 0.254 e. The fraction of sp³-hybridized carbons (Fsp3) is 0.364. The van der Waals surface area contributed by atoms with Crippen LogP contribution in [0.2, 0.25) is 0 Å². The maximum atomic E-state index is 12.6. The summed E-state index contributed by atoms with van der Waals surface area (Å²) < 4.78 is 12.6. The molecule has 0 aromatic heterocycles. The molecule has 2 rings (SSSR count). The first kappa shape index (κ1) is 10.1. The molecule has 15 heavy (non-hydrogen) atoms. The Morgan fingerprint density at radius 1 is 1.47 bits per heavy atom. The molecule has 0 aliphatic carbocycles. The predicted octanol–water partition coefficient (Wildman–Crippen LogP) is 0.999. The summed E-state index contributed by atoms with van der Waals surface area (Å²) in [4.78, 5) is 13.6. The van der Waals surface area contributed by atoms with Gasteiger partial charge in [0.25, 0.3) is 5.91 Å². The van der Waals surface area contributed by atoms with E-state index in [0.717, 1.165) is 13.0 Å². The van der Waals surface area contributed by atoms with Gasteiger partial charge in [0.15, 0.2) is 0 Å². The molecule has 1 aromatic rings. The number of benzene rings is 1. The lowest BCUT2D eigenvalue weighted by Gasteiger charge is -2.40. The quantitative estimate of drug-likeness (QED) is 0.788. The van der Waals surface area contributed by atoms with Crippen LogP contribution in [0, 0.1) is 5.82 Å². The van der Waals surface area contributed by atoms with E-state index < -0.39 is 0 Å². The molecule has 1 saturated heterocycles. The summed E-state index contributed by atoms with van der Waals surface area (Å²) in [5.74, 6) is -0.387. The van der Waals surface area contributed by atoms with Crippen LogP contribution in [0.25, 0.3) is 0 Å². The third-order valence-electron chi connectivity index (χ3n) is 2.77. The van der Waals surface area contributed by atoms with Gasteiger partial charge in [-0.2, -0.15) is 0 Å². The monoisotopic (exact) mass is 208 g/mol. The fourth-order valence-corrected chi connectivity index (χ4v) is 1.71. The zero-order valence-corrected chi connectivity index (χ0v) is 8.32. The molecule has 1 fully saturated rings. The van der Waals surface area contributed by atoms with Crippen molar-refractivity contribution < 1.29 is 9.18 Å². The van der Waals surface area contributed by atoms with Gasteiger partial charge in [-0.15, -0.1) is 0 Å². The summed E-state index contributed by atoms with van der Waals surface area (Å²) in [7, 11) is 0. The van der Waals surface area contributed by atoms with E-state index in [0.29, 0.717) is 12.1 Å². The van der Waals surface area contributed by atoms with Crippen molar-refractivity contribution in [3.63, 3.8) is 0 Å². The predicted molar refractivity (Wildman–Crippen MR) is 54.9 cm³/mol. The molecule has 0 bridgehead atoms. The van der Waals surface area contributed by atoms with E-state index in [2.05, 4.69) is 0 Å². The van der Waals surface area contributed by atoms with Gasteiger partial charge in [0.05, 0.1) is 0 Å². The second-order valence-corrected chi connectivity index (χ2v) is 3.68. The van der Waals surface area contributed by atoms with Gasteiger partial charge in [-0.05, 0) is 30.7 Å². The Labute approximate surface area is 87.7 Å². The van der Waals surface area contributed by atoms with E-state index in [9.17, 15) is 9.18 Å². The molecule has 1 amide bonds. The Morgan fingerprint density at radius 3 is 2.60 bits per heavy atom. The van der Waals surface area contributed by atoms with Crippen LogP contribution in [-0.4, -0.2) is 29.9 Å². The van der Waals surface area contributed by atoms with Crippen molar-refractivity contribution >= 4 is 5.91 Å². The first-order chi connectivity index (χ1) is 7.22. The van der Waals surface area contributed by atoms with Gasteiger partial charge in [-0.3, -0.25) is 4.79 Å². The van der Waals surface area contributed by atoms with Crippen molar-refractivity contribution in [2.75, 3.05) is 13.1 Å². The normalized spacial score (nSPS) is 19.9. The van der Waals surface area contributed by atoms with Crippen molar-refractivity contribution in [2.24, 2.45) is 5.73 Å². The molecule has 80 valence electrons. The highest BCUT2D eigenvalue weighted by Crippen LogP contribution is 2.19.